The van der Waals surface area contributed by atoms with Gasteiger partial charge in [-0.15, -0.1) is 0 Å². The largest absolute Gasteiger partial charge is 0.384 e. The molecule has 0 unspecified atom stereocenters. The molecule has 1 aromatic carbocycles. The van der Waals surface area contributed by atoms with Crippen molar-refractivity contribution in [2.24, 2.45) is 0 Å². The molecule has 0 aliphatic carbocycles. The Morgan fingerprint density at radius 1 is 1.17 bits per heavy atom. The summed E-state index contributed by atoms with van der Waals surface area (Å²) in [5.41, 5.74) is 5.97. The first-order valence-electron chi connectivity index (χ1n) is 4.98. The van der Waals surface area contributed by atoms with Crippen LogP contribution < -0.4 is 11.1 Å². The van der Waals surface area contributed by atoms with E-state index in [1.807, 2.05) is 0 Å². The molecule has 0 spiro atoms. The van der Waals surface area contributed by atoms with Gasteiger partial charge in [0.1, 0.15) is 23.3 Å². The monoisotopic (exact) mass is 286 g/mol. The summed E-state index contributed by atoms with van der Waals surface area (Å²) in [5, 5.41) is 3.21. The number of hydrogen-bond acceptors (Lipinski definition) is 4. The average Bonchev–Trinajstić information content (AvgIpc) is 2.22. The first-order chi connectivity index (χ1) is 8.45. The summed E-state index contributed by atoms with van der Waals surface area (Å²) in [6, 6.07) is 3.85. The average molecular weight is 287 g/mol. The molecule has 0 fully saturated rings. The predicted molar refractivity (Wildman–Crippen MR) is 70.9 cm³/mol. The zero-order chi connectivity index (χ0) is 13.3. The van der Waals surface area contributed by atoms with Crippen LogP contribution in [-0.4, -0.2) is 9.97 Å². The van der Waals surface area contributed by atoms with E-state index in [4.69, 9.17) is 28.9 Å². The number of aryl methyl sites for hydroxylation is 1. The number of halogens is 3. The lowest BCUT2D eigenvalue weighted by molar-refractivity contribution is 0.628. The van der Waals surface area contributed by atoms with Crippen molar-refractivity contribution in [3.05, 3.63) is 39.9 Å². The second kappa shape index (κ2) is 4.96. The van der Waals surface area contributed by atoms with Gasteiger partial charge in [0.05, 0.1) is 15.7 Å². The number of hydrogen-bond donors (Lipinski definition) is 2. The van der Waals surface area contributed by atoms with Crippen molar-refractivity contribution in [1.82, 2.24) is 9.97 Å². The van der Waals surface area contributed by atoms with Crippen molar-refractivity contribution in [1.29, 1.82) is 0 Å². The van der Waals surface area contributed by atoms with Crippen LogP contribution in [0.1, 0.15) is 5.82 Å². The van der Waals surface area contributed by atoms with Gasteiger partial charge in [-0.05, 0) is 19.1 Å². The number of anilines is 3. The summed E-state index contributed by atoms with van der Waals surface area (Å²) in [6.45, 7) is 1.70. The van der Waals surface area contributed by atoms with Crippen molar-refractivity contribution in [2.75, 3.05) is 11.1 Å². The van der Waals surface area contributed by atoms with Gasteiger partial charge in [-0.2, -0.15) is 0 Å². The van der Waals surface area contributed by atoms with E-state index in [2.05, 4.69) is 15.3 Å². The van der Waals surface area contributed by atoms with Gasteiger partial charge in [-0.25, -0.2) is 14.4 Å². The highest BCUT2D eigenvalue weighted by molar-refractivity contribution is 6.39. The molecule has 0 aliphatic heterocycles. The van der Waals surface area contributed by atoms with E-state index >= 15 is 0 Å². The molecule has 94 valence electrons. The van der Waals surface area contributed by atoms with Crippen LogP contribution in [0.15, 0.2) is 18.2 Å². The highest BCUT2D eigenvalue weighted by atomic mass is 35.5. The van der Waals surface area contributed by atoms with Crippen LogP contribution in [0.2, 0.25) is 10.0 Å². The fraction of sp³-hybridized carbons (Fsp3) is 0.0909. The first-order valence-corrected chi connectivity index (χ1v) is 5.74. The highest BCUT2D eigenvalue weighted by Crippen LogP contribution is 2.33. The number of rotatable bonds is 2. The maximum atomic E-state index is 13.0. The molecule has 3 N–H and O–H groups in total. The van der Waals surface area contributed by atoms with Gasteiger partial charge in [0.25, 0.3) is 0 Å². The Balaban J connectivity index is 2.40. The van der Waals surface area contributed by atoms with Crippen LogP contribution in [0.25, 0.3) is 0 Å². The fourth-order valence-corrected chi connectivity index (χ4v) is 2.00. The molecule has 2 aromatic rings. The van der Waals surface area contributed by atoms with E-state index in [1.54, 1.807) is 6.92 Å². The molecule has 0 radical (unpaired) electrons. The van der Waals surface area contributed by atoms with Gasteiger partial charge in [-0.3, -0.25) is 0 Å². The minimum Gasteiger partial charge on any atom is -0.384 e. The minimum atomic E-state index is -0.506. The van der Waals surface area contributed by atoms with Gasteiger partial charge in [0, 0.05) is 6.07 Å². The van der Waals surface area contributed by atoms with Gasteiger partial charge in [0.15, 0.2) is 0 Å². The standard InChI is InChI=1S/C11H9Cl2FN4/c1-5-16-9(15)4-10(17-5)18-11-7(12)2-6(14)3-8(11)13/h2-4H,1H3,(H3,15,16,17,18). The Kier molecular flexibility index (Phi) is 3.54. The Hall–Kier alpha value is -1.59. The number of nitrogen functional groups attached to an aromatic ring is 1. The third kappa shape index (κ3) is 2.80. The van der Waals surface area contributed by atoms with E-state index in [-0.39, 0.29) is 10.0 Å². The Bertz CT molecular complexity index is 560. The van der Waals surface area contributed by atoms with Gasteiger partial charge in [0.2, 0.25) is 0 Å². The van der Waals surface area contributed by atoms with E-state index < -0.39 is 5.82 Å². The number of nitrogens with one attached hydrogen (secondary N) is 1. The van der Waals surface area contributed by atoms with Crippen molar-refractivity contribution >= 4 is 40.5 Å². The van der Waals surface area contributed by atoms with Crippen LogP contribution >= 0.6 is 23.2 Å². The number of aromatic nitrogens is 2. The molecule has 2 rings (SSSR count). The van der Waals surface area contributed by atoms with Crippen LogP contribution in [0.3, 0.4) is 0 Å². The minimum absolute atomic E-state index is 0.162. The van der Waals surface area contributed by atoms with Gasteiger partial charge < -0.3 is 11.1 Å². The lowest BCUT2D eigenvalue weighted by atomic mass is 10.3. The molecule has 0 atom stereocenters. The topological polar surface area (TPSA) is 63.8 Å². The normalized spacial score (nSPS) is 10.4. The predicted octanol–water partition coefficient (Wildman–Crippen LogP) is 3.56. The molecule has 0 saturated carbocycles. The maximum absolute atomic E-state index is 13.0. The van der Waals surface area contributed by atoms with E-state index in [1.165, 1.54) is 6.07 Å². The SMILES string of the molecule is Cc1nc(N)cc(Nc2c(Cl)cc(F)cc2Cl)n1. The van der Waals surface area contributed by atoms with Gasteiger partial charge >= 0.3 is 0 Å². The lowest BCUT2D eigenvalue weighted by Gasteiger charge is -2.10. The summed E-state index contributed by atoms with van der Waals surface area (Å²) in [7, 11) is 0. The lowest BCUT2D eigenvalue weighted by Crippen LogP contribution is -2.01. The molecular weight excluding hydrogens is 278 g/mol. The number of benzene rings is 1. The summed E-state index contributed by atoms with van der Waals surface area (Å²) in [4.78, 5) is 8.06. The quantitative estimate of drug-likeness (QED) is 0.886. The summed E-state index contributed by atoms with van der Waals surface area (Å²) in [6.07, 6.45) is 0. The summed E-state index contributed by atoms with van der Waals surface area (Å²) in [5.74, 6) is 0.760. The molecule has 1 heterocycles. The highest BCUT2D eigenvalue weighted by Gasteiger charge is 2.10. The third-order valence-corrected chi connectivity index (χ3v) is 2.71. The maximum Gasteiger partial charge on any atom is 0.136 e. The van der Waals surface area contributed by atoms with Crippen LogP contribution in [0.4, 0.5) is 21.7 Å². The molecule has 0 bridgehead atoms. The van der Waals surface area contributed by atoms with Crippen molar-refractivity contribution in [3.8, 4) is 0 Å². The van der Waals surface area contributed by atoms with Gasteiger partial charge in [-0.1, -0.05) is 23.2 Å². The van der Waals surface area contributed by atoms with Crippen molar-refractivity contribution in [2.45, 2.75) is 6.92 Å². The van der Waals surface area contributed by atoms with E-state index in [0.717, 1.165) is 12.1 Å². The first kappa shape index (κ1) is 12.9. The molecule has 4 nitrogen and oxygen atoms in total. The molecule has 0 amide bonds. The van der Waals surface area contributed by atoms with Crippen molar-refractivity contribution in [3.63, 3.8) is 0 Å². The molecule has 1 aromatic heterocycles. The molecule has 18 heavy (non-hydrogen) atoms. The second-order valence-corrected chi connectivity index (χ2v) is 4.41. The number of nitrogens with two attached hydrogens (primary N) is 1. The van der Waals surface area contributed by atoms with E-state index in [9.17, 15) is 4.39 Å². The molecular formula is C11H9Cl2FN4. The summed E-state index contributed by atoms with van der Waals surface area (Å²) < 4.78 is 13.0. The summed E-state index contributed by atoms with van der Waals surface area (Å²) >= 11 is 11.8. The van der Waals surface area contributed by atoms with Crippen LogP contribution in [-0.2, 0) is 0 Å². The zero-order valence-corrected chi connectivity index (χ0v) is 10.8. The molecule has 0 aliphatic rings. The second-order valence-electron chi connectivity index (χ2n) is 3.59. The van der Waals surface area contributed by atoms with Crippen molar-refractivity contribution < 1.29 is 4.39 Å². The molecule has 0 saturated heterocycles. The third-order valence-electron chi connectivity index (χ3n) is 2.12. The van der Waals surface area contributed by atoms with Crippen LogP contribution in [0, 0.1) is 12.7 Å². The Morgan fingerprint density at radius 3 is 2.33 bits per heavy atom. The van der Waals surface area contributed by atoms with Crippen LogP contribution in [0.5, 0.6) is 0 Å². The van der Waals surface area contributed by atoms with E-state index in [0.29, 0.717) is 23.1 Å². The smallest absolute Gasteiger partial charge is 0.136 e. The Morgan fingerprint density at radius 2 is 1.78 bits per heavy atom. The zero-order valence-electron chi connectivity index (χ0n) is 9.34. The molecule has 7 heteroatoms. The Labute approximate surface area is 113 Å². The fourth-order valence-electron chi connectivity index (χ4n) is 1.44. The number of nitrogens with zero attached hydrogens (tertiary/aromatic N) is 2.